The number of ether oxygens (including phenoxy) is 2. The standard InChI is InChI=1S/C33H52O5/c1-2-3-9-14-26(34)18-19-28-29-20-24-13-12-17-32(30(24)21-25(29)22-31(28)35)37-23-33(36)38-27-15-10-7-5-4-6-8-11-16-27/h12-13,17,25-29,31,34-35H,2-11,14-16,18-23H2,1H3. The Morgan fingerprint density at radius 2 is 1.74 bits per heavy atom. The molecule has 5 nitrogen and oxygen atoms in total. The lowest BCUT2D eigenvalue weighted by molar-refractivity contribution is -0.152. The maximum Gasteiger partial charge on any atom is 0.344 e. The van der Waals surface area contributed by atoms with E-state index in [1.807, 2.05) is 12.1 Å². The topological polar surface area (TPSA) is 76.0 Å². The van der Waals surface area contributed by atoms with E-state index < -0.39 is 0 Å². The third-order valence-electron chi connectivity index (χ3n) is 9.52. The van der Waals surface area contributed by atoms with Gasteiger partial charge >= 0.3 is 5.97 Å². The summed E-state index contributed by atoms with van der Waals surface area (Å²) in [6.45, 7) is 2.15. The molecule has 0 heterocycles. The Morgan fingerprint density at radius 1 is 1.00 bits per heavy atom. The molecule has 0 radical (unpaired) electrons. The van der Waals surface area contributed by atoms with Crippen molar-refractivity contribution in [3.05, 3.63) is 29.3 Å². The predicted octanol–water partition coefficient (Wildman–Crippen LogP) is 6.93. The summed E-state index contributed by atoms with van der Waals surface area (Å²) in [6, 6.07) is 6.18. The largest absolute Gasteiger partial charge is 0.482 e. The molecule has 4 rings (SSSR count). The van der Waals surface area contributed by atoms with Crippen molar-refractivity contribution >= 4 is 5.97 Å². The first kappa shape index (κ1) is 29.4. The van der Waals surface area contributed by atoms with Crippen LogP contribution >= 0.6 is 0 Å². The van der Waals surface area contributed by atoms with Gasteiger partial charge in [-0.25, -0.2) is 4.79 Å². The fourth-order valence-corrected chi connectivity index (χ4v) is 7.35. The van der Waals surface area contributed by atoms with Crippen molar-refractivity contribution in [3.63, 3.8) is 0 Å². The SMILES string of the molecule is CCCCCC(O)CCC1C(O)CC2Cc3c(cccc3OCC(=O)OC3CCCCCCCCC3)CC21. The normalized spacial score (nSPS) is 27.2. The molecule has 5 atom stereocenters. The van der Waals surface area contributed by atoms with E-state index in [2.05, 4.69) is 13.0 Å². The van der Waals surface area contributed by atoms with Crippen LogP contribution in [0.3, 0.4) is 0 Å². The van der Waals surface area contributed by atoms with Crippen molar-refractivity contribution in [3.8, 4) is 5.75 Å². The number of aliphatic hydroxyl groups excluding tert-OH is 2. The number of benzene rings is 1. The summed E-state index contributed by atoms with van der Waals surface area (Å²) >= 11 is 0. The van der Waals surface area contributed by atoms with Gasteiger partial charge in [-0.1, -0.05) is 70.4 Å². The molecule has 3 aliphatic rings. The molecule has 0 aliphatic heterocycles. The average molecular weight is 529 g/mol. The highest BCUT2D eigenvalue weighted by atomic mass is 16.6. The van der Waals surface area contributed by atoms with Crippen LogP contribution in [0.15, 0.2) is 18.2 Å². The zero-order chi connectivity index (χ0) is 26.7. The van der Waals surface area contributed by atoms with E-state index in [1.165, 1.54) is 56.1 Å². The summed E-state index contributed by atoms with van der Waals surface area (Å²) in [4.78, 5) is 12.7. The minimum Gasteiger partial charge on any atom is -0.482 e. The maximum absolute atomic E-state index is 12.7. The van der Waals surface area contributed by atoms with E-state index in [1.54, 1.807) is 0 Å². The fourth-order valence-electron chi connectivity index (χ4n) is 7.35. The lowest BCUT2D eigenvalue weighted by atomic mass is 9.73. The molecule has 2 fully saturated rings. The molecule has 214 valence electrons. The number of rotatable bonds is 11. The minimum atomic E-state index is -0.293. The van der Waals surface area contributed by atoms with Gasteiger partial charge in [0.1, 0.15) is 11.9 Å². The highest BCUT2D eigenvalue weighted by Crippen LogP contribution is 2.48. The number of carbonyl (C=O) groups is 1. The predicted molar refractivity (Wildman–Crippen MR) is 151 cm³/mol. The summed E-state index contributed by atoms with van der Waals surface area (Å²) in [7, 11) is 0. The van der Waals surface area contributed by atoms with Gasteiger partial charge in [-0.3, -0.25) is 0 Å². The van der Waals surface area contributed by atoms with Gasteiger partial charge in [0, 0.05) is 0 Å². The summed E-state index contributed by atoms with van der Waals surface area (Å²) in [5.41, 5.74) is 2.49. The van der Waals surface area contributed by atoms with Crippen molar-refractivity contribution in [1.82, 2.24) is 0 Å². The number of hydrogen-bond donors (Lipinski definition) is 2. The molecule has 38 heavy (non-hydrogen) atoms. The number of esters is 1. The molecule has 0 bridgehead atoms. The zero-order valence-electron chi connectivity index (χ0n) is 23.8. The Kier molecular flexibility index (Phi) is 11.8. The van der Waals surface area contributed by atoms with E-state index in [0.717, 1.165) is 76.4 Å². The van der Waals surface area contributed by atoms with E-state index in [9.17, 15) is 15.0 Å². The van der Waals surface area contributed by atoms with Crippen LogP contribution in [-0.4, -0.2) is 41.1 Å². The van der Waals surface area contributed by atoms with Crippen molar-refractivity contribution in [2.45, 2.75) is 141 Å². The van der Waals surface area contributed by atoms with Gasteiger partial charge in [0.05, 0.1) is 12.2 Å². The summed E-state index contributed by atoms with van der Waals surface area (Å²) < 4.78 is 11.9. The van der Waals surface area contributed by atoms with Crippen molar-refractivity contribution in [1.29, 1.82) is 0 Å². The quantitative estimate of drug-likeness (QED) is 0.240. The molecule has 0 spiro atoms. The Labute approximate surface area is 230 Å². The molecule has 2 saturated carbocycles. The molecule has 0 aromatic heterocycles. The van der Waals surface area contributed by atoms with Gasteiger partial charge in [0.25, 0.3) is 0 Å². The Bertz CT molecular complexity index is 844. The first-order valence-corrected chi connectivity index (χ1v) is 15.8. The molecule has 1 aromatic carbocycles. The van der Waals surface area contributed by atoms with E-state index >= 15 is 0 Å². The van der Waals surface area contributed by atoms with Crippen molar-refractivity contribution < 1.29 is 24.5 Å². The first-order chi connectivity index (χ1) is 18.5. The lowest BCUT2D eigenvalue weighted by Crippen LogP contribution is -2.28. The van der Waals surface area contributed by atoms with Gasteiger partial charge in [0.15, 0.2) is 6.61 Å². The Morgan fingerprint density at radius 3 is 2.47 bits per heavy atom. The third kappa shape index (κ3) is 8.45. The minimum absolute atomic E-state index is 0.0247. The number of aliphatic hydroxyl groups is 2. The lowest BCUT2D eigenvalue weighted by Gasteiger charge is -2.32. The number of hydrogen-bond acceptors (Lipinski definition) is 5. The van der Waals surface area contributed by atoms with Crippen LogP contribution in [0.1, 0.15) is 121 Å². The van der Waals surface area contributed by atoms with Crippen molar-refractivity contribution in [2.24, 2.45) is 17.8 Å². The van der Waals surface area contributed by atoms with Crippen LogP contribution in [0.25, 0.3) is 0 Å². The second-order valence-corrected chi connectivity index (χ2v) is 12.4. The number of fused-ring (bicyclic) bond motifs is 2. The van der Waals surface area contributed by atoms with Crippen LogP contribution in [0.5, 0.6) is 5.75 Å². The average Bonchev–Trinajstić information content (AvgIpc) is 3.22. The van der Waals surface area contributed by atoms with E-state index in [-0.39, 0.29) is 36.8 Å². The van der Waals surface area contributed by atoms with Gasteiger partial charge in [-0.2, -0.15) is 0 Å². The summed E-state index contributed by atoms with van der Waals surface area (Å²) in [5, 5.41) is 21.4. The Balaban J connectivity index is 1.29. The summed E-state index contributed by atoms with van der Waals surface area (Å²) in [6.07, 6.45) is 18.7. The fraction of sp³-hybridized carbons (Fsp3) is 0.788. The third-order valence-corrected chi connectivity index (χ3v) is 9.52. The van der Waals surface area contributed by atoms with Crippen LogP contribution < -0.4 is 4.74 Å². The molecular formula is C33H52O5. The Hall–Kier alpha value is -1.59. The van der Waals surface area contributed by atoms with E-state index in [4.69, 9.17) is 9.47 Å². The number of carbonyl (C=O) groups excluding carboxylic acids is 1. The molecule has 0 amide bonds. The van der Waals surface area contributed by atoms with Gasteiger partial charge in [-0.05, 0) is 99.2 Å². The van der Waals surface area contributed by atoms with Gasteiger partial charge in [0.2, 0.25) is 0 Å². The smallest absolute Gasteiger partial charge is 0.344 e. The van der Waals surface area contributed by atoms with Crippen molar-refractivity contribution in [2.75, 3.05) is 6.61 Å². The molecule has 3 aliphatic carbocycles. The van der Waals surface area contributed by atoms with Gasteiger partial charge in [-0.15, -0.1) is 0 Å². The second kappa shape index (κ2) is 15.3. The maximum atomic E-state index is 12.7. The zero-order valence-corrected chi connectivity index (χ0v) is 23.8. The van der Waals surface area contributed by atoms with Crippen LogP contribution in [0, 0.1) is 17.8 Å². The van der Waals surface area contributed by atoms with Crippen LogP contribution in [0.2, 0.25) is 0 Å². The van der Waals surface area contributed by atoms with Gasteiger partial charge < -0.3 is 19.7 Å². The molecule has 5 heteroatoms. The molecule has 5 unspecified atom stereocenters. The first-order valence-electron chi connectivity index (χ1n) is 15.8. The monoisotopic (exact) mass is 528 g/mol. The van der Waals surface area contributed by atoms with Crippen LogP contribution in [-0.2, 0) is 22.4 Å². The summed E-state index contributed by atoms with van der Waals surface area (Å²) in [5.74, 6) is 1.68. The highest BCUT2D eigenvalue weighted by molar-refractivity contribution is 5.71. The molecular weight excluding hydrogens is 476 g/mol. The molecule has 2 N–H and O–H groups in total. The second-order valence-electron chi connectivity index (χ2n) is 12.4. The molecule has 0 saturated heterocycles. The molecule has 1 aromatic rings. The number of unbranched alkanes of at least 4 members (excludes halogenated alkanes) is 2. The van der Waals surface area contributed by atoms with Crippen LogP contribution in [0.4, 0.5) is 0 Å². The van der Waals surface area contributed by atoms with E-state index in [0.29, 0.717) is 11.8 Å². The highest BCUT2D eigenvalue weighted by Gasteiger charge is 2.44.